The maximum absolute atomic E-state index is 12.8. The van der Waals surface area contributed by atoms with E-state index in [-0.39, 0.29) is 10.6 Å². The largest absolute Gasteiger partial charge is 0.497 e. The van der Waals surface area contributed by atoms with E-state index in [2.05, 4.69) is 15.3 Å². The Morgan fingerprint density at radius 1 is 0.973 bits per heavy atom. The fraction of sp³-hybridized carbons (Fsp3) is 0.0741. The first kappa shape index (κ1) is 22.7. The summed E-state index contributed by atoms with van der Waals surface area (Å²) in [7, 11) is 1.63. The van der Waals surface area contributed by atoms with Crippen LogP contribution in [0.4, 0.5) is 17.2 Å². The van der Waals surface area contributed by atoms with Crippen molar-refractivity contribution in [3.05, 3.63) is 101 Å². The smallest absolute Gasteiger partial charge is 0.267 e. The number of amides is 2. The first-order chi connectivity index (χ1) is 18.0. The van der Waals surface area contributed by atoms with Crippen molar-refractivity contribution in [1.29, 1.82) is 0 Å². The number of carbonyl (C=O) groups is 2. The number of pyridine rings is 2. The molecule has 1 aliphatic heterocycles. The Morgan fingerprint density at radius 3 is 2.54 bits per heavy atom. The number of hydrogen-bond donors (Lipinski definition) is 1. The van der Waals surface area contributed by atoms with Gasteiger partial charge in [-0.05, 0) is 54.1 Å². The fourth-order valence-electron chi connectivity index (χ4n) is 4.32. The van der Waals surface area contributed by atoms with Crippen molar-refractivity contribution in [3.8, 4) is 5.75 Å². The SMILES string of the molecule is COc1ccc(Cn2nc(Nc3ccc(N4C(=O)c5ccncc5C4=O)c(Cl)c3)c3ncccc32)cc1. The minimum absolute atomic E-state index is 0.238. The second-order valence-corrected chi connectivity index (χ2v) is 8.79. The van der Waals surface area contributed by atoms with Crippen LogP contribution >= 0.6 is 11.6 Å². The van der Waals surface area contributed by atoms with E-state index in [1.165, 1.54) is 18.5 Å². The highest BCUT2D eigenvalue weighted by molar-refractivity contribution is 6.39. The van der Waals surface area contributed by atoms with Crippen LogP contribution in [-0.2, 0) is 6.54 Å². The number of aromatic nitrogens is 4. The summed E-state index contributed by atoms with van der Waals surface area (Å²) in [5, 5.41) is 8.26. The molecule has 4 heterocycles. The minimum Gasteiger partial charge on any atom is -0.497 e. The second-order valence-electron chi connectivity index (χ2n) is 8.38. The van der Waals surface area contributed by atoms with Gasteiger partial charge < -0.3 is 10.1 Å². The quantitative estimate of drug-likeness (QED) is 0.318. The highest BCUT2D eigenvalue weighted by atomic mass is 35.5. The van der Waals surface area contributed by atoms with Crippen LogP contribution in [0.3, 0.4) is 0 Å². The van der Waals surface area contributed by atoms with E-state index in [0.717, 1.165) is 21.7 Å². The predicted molar refractivity (Wildman–Crippen MR) is 140 cm³/mol. The van der Waals surface area contributed by atoms with Gasteiger partial charge in [-0.15, -0.1) is 0 Å². The van der Waals surface area contributed by atoms with Gasteiger partial charge in [0, 0.05) is 24.3 Å². The van der Waals surface area contributed by atoms with Gasteiger partial charge in [-0.2, -0.15) is 5.10 Å². The number of methoxy groups -OCH3 is 1. The second kappa shape index (κ2) is 9.03. The Bertz CT molecular complexity index is 1650. The monoisotopic (exact) mass is 510 g/mol. The maximum atomic E-state index is 12.8. The lowest BCUT2D eigenvalue weighted by Gasteiger charge is -2.16. The molecule has 10 heteroatoms. The number of hydrogen-bond acceptors (Lipinski definition) is 7. The molecule has 37 heavy (non-hydrogen) atoms. The first-order valence-electron chi connectivity index (χ1n) is 11.4. The van der Waals surface area contributed by atoms with Gasteiger partial charge in [-0.1, -0.05) is 23.7 Å². The molecular weight excluding hydrogens is 492 g/mol. The third-order valence-corrected chi connectivity index (χ3v) is 6.44. The van der Waals surface area contributed by atoms with E-state index in [1.807, 2.05) is 41.1 Å². The van der Waals surface area contributed by atoms with Crippen LogP contribution in [0, 0.1) is 0 Å². The van der Waals surface area contributed by atoms with Crippen molar-refractivity contribution in [2.75, 3.05) is 17.3 Å². The van der Waals surface area contributed by atoms with Crippen LogP contribution in [0.1, 0.15) is 26.3 Å². The molecule has 0 spiro atoms. The van der Waals surface area contributed by atoms with Gasteiger partial charge >= 0.3 is 0 Å². The number of anilines is 3. The van der Waals surface area contributed by atoms with Crippen molar-refractivity contribution >= 4 is 51.6 Å². The molecule has 182 valence electrons. The van der Waals surface area contributed by atoms with Gasteiger partial charge in [0.05, 0.1) is 41.0 Å². The molecular formula is C27H19ClN6O3. The summed E-state index contributed by atoms with van der Waals surface area (Å²) in [5.74, 6) is 0.455. The zero-order valence-corrected chi connectivity index (χ0v) is 20.3. The number of nitrogens with zero attached hydrogens (tertiary/aromatic N) is 5. The summed E-state index contributed by atoms with van der Waals surface area (Å²) >= 11 is 6.55. The van der Waals surface area contributed by atoms with Gasteiger partial charge in [-0.3, -0.25) is 24.2 Å². The highest BCUT2D eigenvalue weighted by Crippen LogP contribution is 2.35. The zero-order chi connectivity index (χ0) is 25.5. The number of rotatable bonds is 6. The van der Waals surface area contributed by atoms with Crippen molar-refractivity contribution in [3.63, 3.8) is 0 Å². The van der Waals surface area contributed by atoms with Crippen LogP contribution in [-0.4, -0.2) is 38.7 Å². The summed E-state index contributed by atoms with van der Waals surface area (Å²) in [6, 6.07) is 18.2. The number of fused-ring (bicyclic) bond motifs is 2. The standard InChI is InChI=1S/C27H19ClN6O3/c1-37-18-7-4-16(5-8-18)15-33-23-3-2-11-30-24(23)25(32-33)31-17-6-9-22(21(28)13-17)34-26(35)19-10-12-29-14-20(19)27(34)36/h2-14H,15H2,1H3,(H,31,32). The van der Waals surface area contributed by atoms with Crippen molar-refractivity contribution in [1.82, 2.24) is 19.7 Å². The summed E-state index contributed by atoms with van der Waals surface area (Å²) in [4.78, 5) is 35.2. The lowest BCUT2D eigenvalue weighted by atomic mass is 10.2. The molecule has 0 aliphatic carbocycles. The molecule has 0 atom stereocenters. The summed E-state index contributed by atoms with van der Waals surface area (Å²) < 4.78 is 7.11. The van der Waals surface area contributed by atoms with Crippen LogP contribution in [0.2, 0.25) is 5.02 Å². The minimum atomic E-state index is -0.455. The molecule has 0 saturated carbocycles. The number of halogens is 1. The Balaban J connectivity index is 1.29. The Kier molecular flexibility index (Phi) is 5.54. The van der Waals surface area contributed by atoms with Crippen molar-refractivity contribution < 1.29 is 14.3 Å². The van der Waals surface area contributed by atoms with E-state index in [0.29, 0.717) is 34.8 Å². The zero-order valence-electron chi connectivity index (χ0n) is 19.6. The highest BCUT2D eigenvalue weighted by Gasteiger charge is 2.37. The van der Waals surface area contributed by atoms with Gasteiger partial charge in [0.1, 0.15) is 11.3 Å². The Labute approximate surface area is 216 Å². The molecule has 5 aromatic rings. The molecule has 0 bridgehead atoms. The van der Waals surface area contributed by atoms with Gasteiger partial charge in [-0.25, -0.2) is 4.90 Å². The molecule has 0 fully saturated rings. The topological polar surface area (TPSA) is 102 Å². The third kappa shape index (κ3) is 3.95. The molecule has 0 saturated heterocycles. The Hall–Kier alpha value is -4.76. The average Bonchev–Trinajstić information content (AvgIpc) is 3.39. The van der Waals surface area contributed by atoms with Crippen LogP contribution in [0.5, 0.6) is 5.75 Å². The predicted octanol–water partition coefficient (Wildman–Crippen LogP) is 5.08. The van der Waals surface area contributed by atoms with E-state index in [1.54, 1.807) is 31.5 Å². The molecule has 3 aromatic heterocycles. The van der Waals surface area contributed by atoms with Crippen molar-refractivity contribution in [2.24, 2.45) is 0 Å². The summed E-state index contributed by atoms with van der Waals surface area (Å²) in [6.45, 7) is 0.544. The van der Waals surface area contributed by atoms with Crippen LogP contribution in [0.25, 0.3) is 11.0 Å². The number of benzene rings is 2. The summed E-state index contributed by atoms with van der Waals surface area (Å²) in [6.07, 6.45) is 4.58. The third-order valence-electron chi connectivity index (χ3n) is 6.14. The summed E-state index contributed by atoms with van der Waals surface area (Å²) in [5.41, 5.74) is 4.11. The molecule has 2 aromatic carbocycles. The Morgan fingerprint density at radius 2 is 1.78 bits per heavy atom. The molecule has 1 N–H and O–H groups in total. The molecule has 9 nitrogen and oxygen atoms in total. The molecule has 2 amide bonds. The molecule has 6 rings (SSSR count). The van der Waals surface area contributed by atoms with Crippen LogP contribution < -0.4 is 15.0 Å². The lowest BCUT2D eigenvalue weighted by molar-refractivity contribution is 0.0926. The molecule has 1 aliphatic rings. The van der Waals surface area contributed by atoms with Gasteiger partial charge in [0.15, 0.2) is 5.82 Å². The van der Waals surface area contributed by atoms with Crippen molar-refractivity contribution in [2.45, 2.75) is 6.54 Å². The van der Waals surface area contributed by atoms with Gasteiger partial charge in [0.2, 0.25) is 0 Å². The number of ether oxygens (including phenoxy) is 1. The lowest BCUT2D eigenvalue weighted by Crippen LogP contribution is -2.29. The fourth-order valence-corrected chi connectivity index (χ4v) is 4.59. The van der Waals surface area contributed by atoms with Gasteiger partial charge in [0.25, 0.3) is 11.8 Å². The first-order valence-corrected chi connectivity index (χ1v) is 11.7. The maximum Gasteiger partial charge on any atom is 0.267 e. The number of carbonyl (C=O) groups excluding carboxylic acids is 2. The van der Waals surface area contributed by atoms with E-state index >= 15 is 0 Å². The number of imide groups is 1. The van der Waals surface area contributed by atoms with Crippen LogP contribution in [0.15, 0.2) is 79.3 Å². The molecule has 0 radical (unpaired) electrons. The van der Waals surface area contributed by atoms with E-state index in [9.17, 15) is 9.59 Å². The van der Waals surface area contributed by atoms with E-state index in [4.69, 9.17) is 21.4 Å². The normalized spacial score (nSPS) is 12.8. The van der Waals surface area contributed by atoms with E-state index < -0.39 is 11.8 Å². The number of nitrogens with one attached hydrogen (secondary N) is 1. The molecule has 0 unspecified atom stereocenters. The average molecular weight is 511 g/mol.